The molecule has 7 nitrogen and oxygen atoms in total. The van der Waals surface area contributed by atoms with Gasteiger partial charge >= 0.3 is 11.7 Å². The molecule has 8 heteroatoms. The first-order valence-electron chi connectivity index (χ1n) is 8.56. The first-order chi connectivity index (χ1) is 12.8. The largest absolute Gasteiger partial charge is 0.465 e. The van der Waals surface area contributed by atoms with E-state index in [0.29, 0.717) is 5.69 Å². The van der Waals surface area contributed by atoms with Crippen molar-refractivity contribution in [2.24, 2.45) is 0 Å². The molecule has 0 saturated carbocycles. The highest BCUT2D eigenvalue weighted by molar-refractivity contribution is 8.00. The van der Waals surface area contributed by atoms with E-state index in [9.17, 15) is 14.4 Å². The average molecular weight is 389 g/mol. The molecule has 1 atom stereocenters. The molecule has 1 heterocycles. The van der Waals surface area contributed by atoms with Crippen LogP contribution < -0.4 is 11.0 Å². The van der Waals surface area contributed by atoms with E-state index in [1.54, 1.807) is 6.92 Å². The lowest BCUT2D eigenvalue weighted by Gasteiger charge is -2.15. The number of thioether (sulfide) groups is 1. The van der Waals surface area contributed by atoms with Crippen molar-refractivity contribution in [2.45, 2.75) is 38.3 Å². The number of rotatable bonds is 7. The van der Waals surface area contributed by atoms with Crippen LogP contribution in [0.25, 0.3) is 0 Å². The molecule has 0 radical (unpaired) electrons. The zero-order valence-electron chi connectivity index (χ0n) is 15.8. The number of amides is 1. The van der Waals surface area contributed by atoms with Crippen molar-refractivity contribution in [3.8, 4) is 0 Å². The van der Waals surface area contributed by atoms with E-state index >= 15 is 0 Å². The van der Waals surface area contributed by atoms with Gasteiger partial charge < -0.3 is 15.0 Å². The molecule has 0 saturated heterocycles. The number of methoxy groups -OCH3 is 1. The van der Waals surface area contributed by atoms with Crippen molar-refractivity contribution in [3.63, 3.8) is 0 Å². The summed E-state index contributed by atoms with van der Waals surface area (Å²) in [6.45, 7) is 5.57. The van der Waals surface area contributed by atoms with Crippen LogP contribution in [0.15, 0.2) is 34.1 Å². The van der Waals surface area contributed by atoms with E-state index in [1.165, 1.54) is 12.7 Å². The molecule has 1 aromatic heterocycles. The van der Waals surface area contributed by atoms with E-state index in [4.69, 9.17) is 4.74 Å². The van der Waals surface area contributed by atoms with Gasteiger partial charge in [-0.15, -0.1) is 0 Å². The van der Waals surface area contributed by atoms with Crippen LogP contribution in [0.4, 0.5) is 0 Å². The summed E-state index contributed by atoms with van der Waals surface area (Å²) in [5.74, 6) is -0.803. The highest BCUT2D eigenvalue weighted by Gasteiger charge is 2.20. The van der Waals surface area contributed by atoms with Gasteiger partial charge in [-0.2, -0.15) is 4.98 Å². The Labute approximate surface area is 161 Å². The number of ether oxygens (including phenoxy) is 1. The molecule has 144 valence electrons. The molecular weight excluding hydrogens is 366 g/mol. The van der Waals surface area contributed by atoms with Gasteiger partial charge in [-0.05, 0) is 31.4 Å². The fraction of sp³-hybridized carbons (Fsp3) is 0.368. The van der Waals surface area contributed by atoms with E-state index in [0.717, 1.165) is 23.7 Å². The zero-order chi connectivity index (χ0) is 20.0. The van der Waals surface area contributed by atoms with E-state index in [-0.39, 0.29) is 28.3 Å². The molecule has 0 bridgehead atoms. The molecule has 0 aliphatic rings. The van der Waals surface area contributed by atoms with Crippen molar-refractivity contribution < 1.29 is 14.3 Å². The van der Waals surface area contributed by atoms with Crippen LogP contribution in [0.2, 0.25) is 0 Å². The van der Waals surface area contributed by atoms with Crippen molar-refractivity contribution >= 4 is 23.6 Å². The molecule has 2 rings (SSSR count). The van der Waals surface area contributed by atoms with Crippen LogP contribution in [-0.2, 0) is 16.0 Å². The summed E-state index contributed by atoms with van der Waals surface area (Å²) < 4.78 is 4.73. The summed E-state index contributed by atoms with van der Waals surface area (Å²) in [6, 6.07) is 7.91. The number of aryl methyl sites for hydroxylation is 2. The maximum absolute atomic E-state index is 12.3. The second kappa shape index (κ2) is 9.36. The predicted octanol–water partition coefficient (Wildman–Crippen LogP) is 2.40. The van der Waals surface area contributed by atoms with E-state index in [1.807, 2.05) is 31.2 Å². The summed E-state index contributed by atoms with van der Waals surface area (Å²) in [4.78, 5) is 42.1. The maximum Gasteiger partial charge on any atom is 0.346 e. The monoisotopic (exact) mass is 389 g/mol. The van der Waals surface area contributed by atoms with Crippen LogP contribution in [0.5, 0.6) is 0 Å². The Bertz CT molecular complexity index is 878. The smallest absolute Gasteiger partial charge is 0.346 e. The number of nitrogens with zero attached hydrogens (tertiary/aromatic N) is 1. The SMILES string of the molecule is CCc1ccc([C@@H](C)NC(=O)CSc2nc(=O)[nH]c(C)c2C(=O)OC)cc1. The summed E-state index contributed by atoms with van der Waals surface area (Å²) in [5, 5.41) is 3.09. The molecule has 0 fully saturated rings. The van der Waals surface area contributed by atoms with E-state index < -0.39 is 11.7 Å². The fourth-order valence-electron chi connectivity index (χ4n) is 2.55. The normalized spacial score (nSPS) is 11.7. The fourth-order valence-corrected chi connectivity index (χ4v) is 3.43. The lowest BCUT2D eigenvalue weighted by molar-refractivity contribution is -0.119. The van der Waals surface area contributed by atoms with Gasteiger partial charge in [-0.3, -0.25) is 4.79 Å². The Hall–Kier alpha value is -2.61. The Morgan fingerprint density at radius 3 is 2.56 bits per heavy atom. The number of H-pyrrole nitrogens is 1. The second-order valence-corrected chi connectivity index (χ2v) is 6.98. The molecule has 2 N–H and O–H groups in total. The first kappa shape index (κ1) is 20.7. The van der Waals surface area contributed by atoms with Crippen LogP contribution >= 0.6 is 11.8 Å². The van der Waals surface area contributed by atoms with Gasteiger partial charge in [0, 0.05) is 5.69 Å². The number of nitrogens with one attached hydrogen (secondary N) is 2. The maximum atomic E-state index is 12.3. The number of carbonyl (C=O) groups is 2. The Morgan fingerprint density at radius 2 is 1.96 bits per heavy atom. The molecule has 0 aliphatic heterocycles. The van der Waals surface area contributed by atoms with Gasteiger partial charge in [-0.25, -0.2) is 9.59 Å². The summed E-state index contributed by atoms with van der Waals surface area (Å²) in [5.41, 5.74) is 2.18. The quantitative estimate of drug-likeness (QED) is 0.428. The van der Waals surface area contributed by atoms with Crippen LogP contribution in [0.3, 0.4) is 0 Å². The average Bonchev–Trinajstić information content (AvgIpc) is 2.65. The minimum absolute atomic E-state index is 0.0251. The van der Waals surface area contributed by atoms with Gasteiger partial charge in [-0.1, -0.05) is 43.0 Å². The summed E-state index contributed by atoms with van der Waals surface area (Å²) in [6.07, 6.45) is 0.961. The van der Waals surface area contributed by atoms with Crippen molar-refractivity contribution in [1.82, 2.24) is 15.3 Å². The lowest BCUT2D eigenvalue weighted by atomic mass is 10.1. The van der Waals surface area contributed by atoms with E-state index in [2.05, 4.69) is 22.2 Å². The third kappa shape index (κ3) is 5.43. The zero-order valence-corrected chi connectivity index (χ0v) is 16.6. The van der Waals surface area contributed by atoms with Crippen LogP contribution in [-0.4, -0.2) is 34.7 Å². The van der Waals surface area contributed by atoms with Gasteiger partial charge in [0.1, 0.15) is 10.6 Å². The van der Waals surface area contributed by atoms with Crippen molar-refractivity contribution in [1.29, 1.82) is 0 Å². The molecule has 27 heavy (non-hydrogen) atoms. The molecule has 0 unspecified atom stereocenters. The topological polar surface area (TPSA) is 101 Å². The number of aromatic amines is 1. The third-order valence-electron chi connectivity index (χ3n) is 4.08. The summed E-state index contributed by atoms with van der Waals surface area (Å²) in [7, 11) is 1.25. The number of aromatic nitrogens is 2. The van der Waals surface area contributed by atoms with Crippen LogP contribution in [0.1, 0.15) is 47.1 Å². The standard InChI is InChI=1S/C19H23N3O4S/c1-5-13-6-8-14(9-7-13)11(2)20-15(23)10-27-17-16(18(24)26-4)12(3)21-19(25)22-17/h6-9,11H,5,10H2,1-4H3,(H,20,23)(H,21,22,25)/t11-/m1/s1. The Balaban J connectivity index is 2.04. The van der Waals surface area contributed by atoms with Gasteiger partial charge in [0.2, 0.25) is 5.91 Å². The molecule has 1 aromatic carbocycles. The first-order valence-corrected chi connectivity index (χ1v) is 9.54. The number of carbonyl (C=O) groups excluding carboxylic acids is 2. The molecule has 2 aromatic rings. The lowest BCUT2D eigenvalue weighted by Crippen LogP contribution is -2.28. The molecule has 0 aliphatic carbocycles. The number of esters is 1. The number of benzene rings is 1. The van der Waals surface area contributed by atoms with Gasteiger partial charge in [0.25, 0.3) is 0 Å². The Morgan fingerprint density at radius 1 is 1.30 bits per heavy atom. The predicted molar refractivity (Wildman–Crippen MR) is 104 cm³/mol. The second-order valence-electron chi connectivity index (χ2n) is 6.01. The van der Waals surface area contributed by atoms with Crippen LogP contribution in [0, 0.1) is 6.92 Å². The minimum Gasteiger partial charge on any atom is -0.465 e. The summed E-state index contributed by atoms with van der Waals surface area (Å²) >= 11 is 1.03. The minimum atomic E-state index is -0.608. The van der Waals surface area contributed by atoms with Gasteiger partial charge in [0.15, 0.2) is 0 Å². The number of hydrogen-bond acceptors (Lipinski definition) is 6. The third-order valence-corrected chi connectivity index (χ3v) is 5.06. The van der Waals surface area contributed by atoms with Crippen molar-refractivity contribution in [3.05, 3.63) is 57.1 Å². The molecule has 0 spiro atoms. The highest BCUT2D eigenvalue weighted by Crippen LogP contribution is 2.22. The molecule has 1 amide bonds. The molecular formula is C19H23N3O4S. The van der Waals surface area contributed by atoms with Gasteiger partial charge in [0.05, 0.1) is 18.9 Å². The Kier molecular flexibility index (Phi) is 7.18. The number of hydrogen-bond donors (Lipinski definition) is 2. The highest BCUT2D eigenvalue weighted by atomic mass is 32.2. The van der Waals surface area contributed by atoms with Crippen molar-refractivity contribution in [2.75, 3.05) is 12.9 Å².